The van der Waals surface area contributed by atoms with Gasteiger partial charge in [-0.15, -0.1) is 0 Å². The number of benzene rings is 1. The average molecular weight is 354 g/mol. The molecule has 1 aliphatic heterocycles. The van der Waals surface area contributed by atoms with Crippen LogP contribution in [0.2, 0.25) is 0 Å². The highest BCUT2D eigenvalue weighted by molar-refractivity contribution is 5.94. The molecule has 1 aromatic heterocycles. The van der Waals surface area contributed by atoms with E-state index in [1.165, 1.54) is 0 Å². The van der Waals surface area contributed by atoms with Gasteiger partial charge in [0.05, 0.1) is 0 Å². The van der Waals surface area contributed by atoms with E-state index in [1.807, 2.05) is 18.2 Å². The normalized spacial score (nSPS) is 15.7. The number of amides is 1. The summed E-state index contributed by atoms with van der Waals surface area (Å²) >= 11 is 0. The minimum Gasteiger partial charge on any atom is -0.486 e. The van der Waals surface area contributed by atoms with Crippen molar-refractivity contribution in [1.29, 1.82) is 0 Å². The van der Waals surface area contributed by atoms with Crippen LogP contribution in [0.1, 0.15) is 46.4 Å². The van der Waals surface area contributed by atoms with Crippen molar-refractivity contribution < 1.29 is 14.3 Å². The molecule has 4 rings (SSSR count). The SMILES string of the molecule is O=C(NCc1ccc2c(c1)OCCO2)c1cc2c([nH]c1=O)CCCCC2. The molecule has 0 saturated carbocycles. The second-order valence-electron chi connectivity index (χ2n) is 6.74. The number of carbonyl (C=O) groups excluding carboxylic acids is 1. The van der Waals surface area contributed by atoms with E-state index in [9.17, 15) is 9.59 Å². The number of fused-ring (bicyclic) bond motifs is 2. The Hall–Kier alpha value is -2.76. The van der Waals surface area contributed by atoms with Gasteiger partial charge in [-0.3, -0.25) is 9.59 Å². The van der Waals surface area contributed by atoms with Gasteiger partial charge < -0.3 is 19.8 Å². The number of pyridine rings is 1. The lowest BCUT2D eigenvalue weighted by Gasteiger charge is -2.19. The maximum absolute atomic E-state index is 12.5. The van der Waals surface area contributed by atoms with Crippen LogP contribution in [-0.2, 0) is 19.4 Å². The lowest BCUT2D eigenvalue weighted by atomic mass is 10.1. The fourth-order valence-corrected chi connectivity index (χ4v) is 3.50. The number of nitrogens with one attached hydrogen (secondary N) is 2. The number of aromatic nitrogens is 1. The van der Waals surface area contributed by atoms with Crippen LogP contribution in [0.5, 0.6) is 11.5 Å². The number of carbonyl (C=O) groups is 1. The molecule has 2 aliphatic rings. The molecule has 0 fully saturated rings. The molecule has 0 unspecified atom stereocenters. The van der Waals surface area contributed by atoms with Gasteiger partial charge in [-0.05, 0) is 55.0 Å². The molecule has 0 radical (unpaired) electrons. The highest BCUT2D eigenvalue weighted by atomic mass is 16.6. The fraction of sp³-hybridized carbons (Fsp3) is 0.400. The number of aryl methyl sites for hydroxylation is 2. The van der Waals surface area contributed by atoms with Crippen LogP contribution in [0, 0.1) is 0 Å². The minimum atomic E-state index is -0.354. The molecule has 6 heteroatoms. The third kappa shape index (κ3) is 3.45. The summed E-state index contributed by atoms with van der Waals surface area (Å²) in [5, 5.41) is 2.83. The van der Waals surface area contributed by atoms with Gasteiger partial charge in [0, 0.05) is 12.2 Å². The first-order chi connectivity index (χ1) is 12.7. The summed E-state index contributed by atoms with van der Waals surface area (Å²) in [5.41, 5.74) is 2.84. The molecule has 1 aromatic carbocycles. The van der Waals surface area contributed by atoms with Gasteiger partial charge in [-0.25, -0.2) is 0 Å². The molecule has 0 spiro atoms. The van der Waals surface area contributed by atoms with Gasteiger partial charge in [0.15, 0.2) is 11.5 Å². The zero-order valence-electron chi connectivity index (χ0n) is 14.6. The molecule has 0 saturated heterocycles. The van der Waals surface area contributed by atoms with E-state index in [1.54, 1.807) is 6.07 Å². The van der Waals surface area contributed by atoms with Crippen molar-refractivity contribution in [3.05, 3.63) is 57.0 Å². The Morgan fingerprint density at radius 2 is 1.85 bits per heavy atom. The molecule has 0 atom stereocenters. The van der Waals surface area contributed by atoms with Crippen LogP contribution in [0.4, 0.5) is 0 Å². The first kappa shape index (κ1) is 16.7. The smallest absolute Gasteiger partial charge is 0.261 e. The monoisotopic (exact) mass is 354 g/mol. The highest BCUT2D eigenvalue weighted by Gasteiger charge is 2.17. The van der Waals surface area contributed by atoms with Crippen molar-refractivity contribution in [2.45, 2.75) is 38.6 Å². The largest absolute Gasteiger partial charge is 0.486 e. The zero-order chi connectivity index (χ0) is 17.9. The third-order valence-corrected chi connectivity index (χ3v) is 4.89. The van der Waals surface area contributed by atoms with E-state index in [-0.39, 0.29) is 17.0 Å². The van der Waals surface area contributed by atoms with E-state index in [4.69, 9.17) is 9.47 Å². The molecule has 2 N–H and O–H groups in total. The topological polar surface area (TPSA) is 80.4 Å². The van der Waals surface area contributed by atoms with E-state index in [2.05, 4.69) is 10.3 Å². The number of rotatable bonds is 3. The Morgan fingerprint density at radius 3 is 2.73 bits per heavy atom. The van der Waals surface area contributed by atoms with E-state index in [0.717, 1.165) is 48.9 Å². The van der Waals surface area contributed by atoms with Crippen LogP contribution >= 0.6 is 0 Å². The van der Waals surface area contributed by atoms with Crippen LogP contribution in [0.25, 0.3) is 0 Å². The second kappa shape index (κ2) is 7.23. The lowest BCUT2D eigenvalue weighted by molar-refractivity contribution is 0.0949. The van der Waals surface area contributed by atoms with Crippen molar-refractivity contribution in [3.8, 4) is 11.5 Å². The van der Waals surface area contributed by atoms with Crippen LogP contribution in [-0.4, -0.2) is 24.1 Å². The minimum absolute atomic E-state index is 0.184. The van der Waals surface area contributed by atoms with Gasteiger partial charge in [-0.2, -0.15) is 0 Å². The quantitative estimate of drug-likeness (QED) is 0.829. The van der Waals surface area contributed by atoms with Crippen molar-refractivity contribution in [2.24, 2.45) is 0 Å². The van der Waals surface area contributed by atoms with Crippen LogP contribution in [0.15, 0.2) is 29.1 Å². The van der Waals surface area contributed by atoms with Crippen molar-refractivity contribution in [2.75, 3.05) is 13.2 Å². The van der Waals surface area contributed by atoms with Gasteiger partial charge in [-0.1, -0.05) is 12.5 Å². The number of ether oxygens (including phenoxy) is 2. The predicted molar refractivity (Wildman–Crippen MR) is 96.9 cm³/mol. The molecule has 1 amide bonds. The molecule has 0 bridgehead atoms. The summed E-state index contributed by atoms with van der Waals surface area (Å²) in [4.78, 5) is 27.7. The first-order valence-corrected chi connectivity index (χ1v) is 9.12. The Balaban J connectivity index is 1.48. The molecule has 6 nitrogen and oxygen atoms in total. The van der Waals surface area contributed by atoms with Gasteiger partial charge in [0.25, 0.3) is 11.5 Å². The Bertz CT molecular complexity index is 888. The summed E-state index contributed by atoms with van der Waals surface area (Å²) in [7, 11) is 0. The highest BCUT2D eigenvalue weighted by Crippen LogP contribution is 2.30. The van der Waals surface area contributed by atoms with E-state index >= 15 is 0 Å². The Labute approximate surface area is 151 Å². The maximum Gasteiger partial charge on any atom is 0.261 e. The molecule has 2 heterocycles. The maximum atomic E-state index is 12.5. The standard InChI is InChI=1S/C20H22N2O4/c23-19(15-11-14-4-2-1-3-5-16(14)22-20(15)24)21-12-13-6-7-17-18(10-13)26-9-8-25-17/h6-7,10-11H,1-5,8-9,12H2,(H,21,23)(H,22,24). The third-order valence-electron chi connectivity index (χ3n) is 4.89. The number of hydrogen-bond donors (Lipinski definition) is 2. The summed E-state index contributed by atoms with van der Waals surface area (Å²) in [6.45, 7) is 1.39. The van der Waals surface area contributed by atoms with Gasteiger partial charge >= 0.3 is 0 Å². The van der Waals surface area contributed by atoms with Crippen molar-refractivity contribution >= 4 is 5.91 Å². The second-order valence-corrected chi connectivity index (χ2v) is 6.74. The van der Waals surface area contributed by atoms with Crippen molar-refractivity contribution in [1.82, 2.24) is 10.3 Å². The Kier molecular flexibility index (Phi) is 4.65. The predicted octanol–water partition coefficient (Wildman–Crippen LogP) is 2.35. The number of hydrogen-bond acceptors (Lipinski definition) is 4. The molecular weight excluding hydrogens is 332 g/mol. The molecular formula is C20H22N2O4. The number of H-pyrrole nitrogens is 1. The van der Waals surface area contributed by atoms with Gasteiger partial charge in [0.1, 0.15) is 18.8 Å². The van der Waals surface area contributed by atoms with E-state index in [0.29, 0.717) is 31.3 Å². The van der Waals surface area contributed by atoms with E-state index < -0.39 is 0 Å². The average Bonchev–Trinajstić information content (AvgIpc) is 2.90. The summed E-state index contributed by atoms with van der Waals surface area (Å²) in [6.07, 6.45) is 5.12. The summed E-state index contributed by atoms with van der Waals surface area (Å²) in [5.74, 6) is 1.05. The van der Waals surface area contributed by atoms with Crippen LogP contribution in [0.3, 0.4) is 0 Å². The summed E-state index contributed by atoms with van der Waals surface area (Å²) in [6, 6.07) is 7.34. The molecule has 1 aliphatic carbocycles. The first-order valence-electron chi connectivity index (χ1n) is 9.12. The Morgan fingerprint density at radius 1 is 1.04 bits per heavy atom. The van der Waals surface area contributed by atoms with Gasteiger partial charge in [0.2, 0.25) is 0 Å². The van der Waals surface area contributed by atoms with Crippen molar-refractivity contribution in [3.63, 3.8) is 0 Å². The number of aromatic amines is 1. The fourth-order valence-electron chi connectivity index (χ4n) is 3.50. The van der Waals surface area contributed by atoms with Crippen LogP contribution < -0.4 is 20.3 Å². The zero-order valence-corrected chi connectivity index (χ0v) is 14.6. The molecule has 26 heavy (non-hydrogen) atoms. The lowest BCUT2D eigenvalue weighted by Crippen LogP contribution is -2.30. The molecule has 2 aromatic rings. The molecule has 136 valence electrons. The summed E-state index contributed by atoms with van der Waals surface area (Å²) < 4.78 is 11.1.